The number of hydrogen-bond donors (Lipinski definition) is 3. The van der Waals surface area contributed by atoms with Gasteiger partial charge in [-0.1, -0.05) is 96.2 Å². The number of carboxylic acid groups (broad SMARTS) is 1. The summed E-state index contributed by atoms with van der Waals surface area (Å²) in [6.07, 6.45) is 4.12. The number of allylic oxidation sites excluding steroid dienone is 1. The van der Waals surface area contributed by atoms with E-state index in [4.69, 9.17) is 10.6 Å². The number of aliphatic carboxylic acids is 1. The quantitative estimate of drug-likeness (QED) is 0.0659. The average Bonchev–Trinajstić information content (AvgIpc) is 3.84. The Morgan fingerprint density at radius 1 is 0.962 bits per heavy atom. The number of carbonyl (C=O) groups excluding carboxylic acids is 3. The van der Waals surface area contributed by atoms with Gasteiger partial charge in [0.1, 0.15) is 22.8 Å². The molecule has 1 saturated carbocycles. The molecule has 0 spiro atoms. The molecule has 53 heavy (non-hydrogen) atoms. The molecular weight excluding hydrogens is 713 g/mol. The standard InChI is InChI=1S/C39H34N6O6S2/c40-38-41-29(22-53-38)30(43-51-39(25-10-4-1-5-11-25,26-12-6-2-7-13-26)27-14-8-3-9-15-27)33(46)42-31-35(48)45-32(37(49)50)24(21-52-36(31)45)20-23-18-19-44(34(23)47)28-16-17-28/h1-15,20,22,28,31,36H,16-19,21H2,(H2,40,41)(H,42,46)(H,49,50)/b23-20+,43-30-/t31-,36-/m1/s1. The van der Waals surface area contributed by atoms with Gasteiger partial charge < -0.3 is 25.9 Å². The number of thiazole rings is 1. The van der Waals surface area contributed by atoms with E-state index in [1.807, 2.05) is 95.9 Å². The fourth-order valence-electron chi connectivity index (χ4n) is 7.07. The number of likely N-dealkylation sites (tertiary alicyclic amines) is 1. The van der Waals surface area contributed by atoms with E-state index in [1.165, 1.54) is 16.7 Å². The van der Waals surface area contributed by atoms with Gasteiger partial charge in [0, 0.05) is 46.0 Å². The number of amides is 3. The first-order valence-corrected chi connectivity index (χ1v) is 19.1. The van der Waals surface area contributed by atoms with Crippen LogP contribution in [0.3, 0.4) is 0 Å². The van der Waals surface area contributed by atoms with Crippen LogP contribution in [0.15, 0.2) is 124 Å². The minimum Gasteiger partial charge on any atom is -0.477 e. The largest absolute Gasteiger partial charge is 0.477 e. The molecule has 0 bridgehead atoms. The van der Waals surface area contributed by atoms with Crippen molar-refractivity contribution in [3.05, 3.63) is 142 Å². The Bertz CT molecular complexity index is 2090. The highest BCUT2D eigenvalue weighted by Crippen LogP contribution is 2.43. The summed E-state index contributed by atoms with van der Waals surface area (Å²) in [4.78, 5) is 67.4. The third kappa shape index (κ3) is 6.27. The maximum Gasteiger partial charge on any atom is 0.352 e. The van der Waals surface area contributed by atoms with E-state index >= 15 is 0 Å². The molecule has 2 saturated heterocycles. The van der Waals surface area contributed by atoms with Crippen molar-refractivity contribution in [2.45, 2.75) is 42.3 Å². The minimum atomic E-state index is -1.30. The summed E-state index contributed by atoms with van der Waals surface area (Å²) < 4.78 is 0. The van der Waals surface area contributed by atoms with Crippen molar-refractivity contribution in [1.82, 2.24) is 20.1 Å². The number of nitrogen functional groups attached to an aromatic ring is 1. The maximum absolute atomic E-state index is 14.2. The zero-order valence-electron chi connectivity index (χ0n) is 28.3. The molecule has 4 aliphatic rings. The normalized spacial score (nSPS) is 21.1. The molecule has 14 heteroatoms. The van der Waals surface area contributed by atoms with Gasteiger partial charge in [-0.3, -0.25) is 19.3 Å². The average molecular weight is 747 g/mol. The summed E-state index contributed by atoms with van der Waals surface area (Å²) in [6.45, 7) is 0.610. The van der Waals surface area contributed by atoms with E-state index in [2.05, 4.69) is 15.5 Å². The van der Waals surface area contributed by atoms with Crippen LogP contribution >= 0.6 is 23.1 Å². The predicted octanol–water partition coefficient (Wildman–Crippen LogP) is 4.50. The molecular formula is C39H34N6O6S2. The molecule has 3 amide bonds. The zero-order chi connectivity index (χ0) is 36.7. The number of nitrogens with zero attached hydrogens (tertiary/aromatic N) is 4. The van der Waals surface area contributed by atoms with E-state index in [-0.39, 0.29) is 39.9 Å². The van der Waals surface area contributed by atoms with E-state index < -0.39 is 34.8 Å². The number of carboxylic acids is 1. The van der Waals surface area contributed by atoms with Crippen LogP contribution in [-0.4, -0.2) is 79.0 Å². The first-order chi connectivity index (χ1) is 25.8. The van der Waals surface area contributed by atoms with Crippen LogP contribution in [0.5, 0.6) is 0 Å². The summed E-state index contributed by atoms with van der Waals surface area (Å²) in [5.74, 6) is -2.46. The SMILES string of the molecule is Nc1nc(/C(=N/OC(c2ccccc2)(c2ccccc2)c2ccccc2)C(=O)N[C@@H]2C(=O)N3C(C(=O)O)=C(/C=C4\CCN(C5CC5)C4=O)CS[C@H]23)cs1. The summed E-state index contributed by atoms with van der Waals surface area (Å²) in [7, 11) is 0. The number of fused-ring (bicyclic) bond motifs is 1. The number of aromatic nitrogens is 1. The van der Waals surface area contributed by atoms with Gasteiger partial charge in [-0.2, -0.15) is 0 Å². The van der Waals surface area contributed by atoms with Gasteiger partial charge in [0.2, 0.25) is 11.5 Å². The van der Waals surface area contributed by atoms with Crippen LogP contribution in [0.4, 0.5) is 5.13 Å². The van der Waals surface area contributed by atoms with Crippen LogP contribution in [0, 0.1) is 0 Å². The number of anilines is 1. The van der Waals surface area contributed by atoms with Gasteiger partial charge >= 0.3 is 5.97 Å². The van der Waals surface area contributed by atoms with Gasteiger partial charge in [-0.05, 0) is 30.9 Å². The van der Waals surface area contributed by atoms with Gasteiger partial charge in [0.25, 0.3) is 11.8 Å². The van der Waals surface area contributed by atoms with Gasteiger partial charge in [0.15, 0.2) is 10.8 Å². The van der Waals surface area contributed by atoms with Gasteiger partial charge in [-0.25, -0.2) is 9.78 Å². The monoisotopic (exact) mass is 746 g/mol. The maximum atomic E-state index is 14.2. The van der Waals surface area contributed by atoms with Crippen molar-refractivity contribution in [2.24, 2.45) is 5.16 Å². The Kier molecular flexibility index (Phi) is 9.08. The molecule has 12 nitrogen and oxygen atoms in total. The lowest BCUT2D eigenvalue weighted by Gasteiger charge is -2.49. The zero-order valence-corrected chi connectivity index (χ0v) is 29.9. The van der Waals surface area contributed by atoms with Gasteiger partial charge in [0.05, 0.1) is 0 Å². The van der Waals surface area contributed by atoms with Crippen molar-refractivity contribution in [2.75, 3.05) is 18.0 Å². The number of nitrogens with one attached hydrogen (secondary N) is 1. The Morgan fingerprint density at radius 2 is 1.57 bits per heavy atom. The lowest BCUT2D eigenvalue weighted by atomic mass is 9.80. The molecule has 3 aromatic carbocycles. The Labute approximate surface area is 313 Å². The van der Waals surface area contributed by atoms with Crippen LogP contribution in [0.25, 0.3) is 0 Å². The van der Waals surface area contributed by atoms with Crippen molar-refractivity contribution < 1.29 is 29.1 Å². The van der Waals surface area contributed by atoms with Crippen LogP contribution < -0.4 is 11.1 Å². The number of β-lactam (4-membered cyclic amide) rings is 1. The first kappa shape index (κ1) is 34.4. The molecule has 3 fully saturated rings. The van der Waals surface area contributed by atoms with Crippen LogP contribution in [0.1, 0.15) is 41.6 Å². The summed E-state index contributed by atoms with van der Waals surface area (Å²) in [5.41, 5.74) is 7.63. The van der Waals surface area contributed by atoms with E-state index in [1.54, 1.807) is 11.5 Å². The molecule has 3 aliphatic heterocycles. The van der Waals surface area contributed by atoms with E-state index in [0.29, 0.717) is 24.1 Å². The van der Waals surface area contributed by atoms with Crippen molar-refractivity contribution >= 4 is 57.6 Å². The molecule has 1 aliphatic carbocycles. The summed E-state index contributed by atoms with van der Waals surface area (Å²) in [5, 5.41) is 18.6. The van der Waals surface area contributed by atoms with Crippen molar-refractivity contribution in [1.29, 1.82) is 0 Å². The molecule has 1 aromatic heterocycles. The second-order valence-electron chi connectivity index (χ2n) is 13.1. The van der Waals surface area contributed by atoms with Crippen molar-refractivity contribution in [3.63, 3.8) is 0 Å². The molecule has 4 N–H and O–H groups in total. The molecule has 4 heterocycles. The summed E-state index contributed by atoms with van der Waals surface area (Å²) >= 11 is 2.44. The highest BCUT2D eigenvalue weighted by Gasteiger charge is 2.54. The third-order valence-electron chi connectivity index (χ3n) is 9.78. The fourth-order valence-corrected chi connectivity index (χ4v) is 8.92. The predicted molar refractivity (Wildman–Crippen MR) is 200 cm³/mol. The number of rotatable bonds is 11. The Balaban J connectivity index is 1.11. The van der Waals surface area contributed by atoms with E-state index in [0.717, 1.165) is 40.9 Å². The molecule has 2 atom stereocenters. The number of thioether (sulfide) groups is 1. The number of hydrogen-bond acceptors (Lipinski definition) is 10. The lowest BCUT2D eigenvalue weighted by molar-refractivity contribution is -0.150. The number of nitrogens with two attached hydrogens (primary N) is 1. The highest BCUT2D eigenvalue weighted by atomic mass is 32.2. The Morgan fingerprint density at radius 3 is 2.09 bits per heavy atom. The third-order valence-corrected chi connectivity index (χ3v) is 11.8. The topological polar surface area (TPSA) is 168 Å². The lowest BCUT2D eigenvalue weighted by Crippen LogP contribution is -2.71. The second kappa shape index (κ2) is 14.0. The van der Waals surface area contributed by atoms with Gasteiger partial charge in [-0.15, -0.1) is 23.1 Å². The van der Waals surface area contributed by atoms with Crippen LogP contribution in [-0.2, 0) is 29.6 Å². The Hall–Kier alpha value is -5.73. The number of benzene rings is 3. The molecule has 8 rings (SSSR count). The van der Waals surface area contributed by atoms with Crippen LogP contribution in [0.2, 0.25) is 0 Å². The molecule has 0 radical (unpaired) electrons. The van der Waals surface area contributed by atoms with Crippen molar-refractivity contribution in [3.8, 4) is 0 Å². The summed E-state index contributed by atoms with van der Waals surface area (Å²) in [6, 6.07) is 27.8. The van der Waals surface area contributed by atoms with E-state index in [9.17, 15) is 24.3 Å². The first-order valence-electron chi connectivity index (χ1n) is 17.1. The molecule has 4 aromatic rings. The number of oxime groups is 1. The second-order valence-corrected chi connectivity index (χ2v) is 15.1. The highest BCUT2D eigenvalue weighted by molar-refractivity contribution is 8.00. The molecule has 268 valence electrons. The minimum absolute atomic E-state index is 0.0792. The smallest absolute Gasteiger partial charge is 0.352 e. The fraction of sp³-hybridized carbons (Fsp3) is 0.231. The molecule has 0 unspecified atom stereocenters. The number of carbonyl (C=O) groups is 4.